The van der Waals surface area contributed by atoms with Gasteiger partial charge in [-0.2, -0.15) is 0 Å². The average Bonchev–Trinajstić information content (AvgIpc) is 3.21. The maximum Gasteiger partial charge on any atom is 0.225 e. The molecule has 0 bridgehead atoms. The molecule has 0 radical (unpaired) electrons. The minimum atomic E-state index is 0.313. The third-order valence-electron chi connectivity index (χ3n) is 6.57. The van der Waals surface area contributed by atoms with Crippen molar-refractivity contribution in [1.82, 2.24) is 20.0 Å². The summed E-state index contributed by atoms with van der Waals surface area (Å²) in [5.41, 5.74) is 0. The lowest BCUT2D eigenvalue weighted by Gasteiger charge is -2.37. The Labute approximate surface area is 171 Å². The molecule has 1 aliphatic carbocycles. The van der Waals surface area contributed by atoms with Gasteiger partial charge in [0.2, 0.25) is 5.91 Å². The van der Waals surface area contributed by atoms with E-state index in [2.05, 4.69) is 40.8 Å². The van der Waals surface area contributed by atoms with Gasteiger partial charge in [-0.15, -0.1) is 0 Å². The number of piperazine rings is 1. The van der Waals surface area contributed by atoms with Crippen LogP contribution in [0, 0.1) is 17.8 Å². The number of hydrogen-bond acceptors (Lipinski definition) is 3. The first-order chi connectivity index (χ1) is 13.6. The number of aliphatic imine (C=N–C) groups is 1. The van der Waals surface area contributed by atoms with E-state index in [1.807, 2.05) is 0 Å². The van der Waals surface area contributed by atoms with E-state index in [4.69, 9.17) is 4.99 Å². The SMILES string of the molecule is CCNC(=NCCN1CCN(C(=O)C2CCCC2)CC1)N1CC(C)CC(C)C1. The van der Waals surface area contributed by atoms with Crippen LogP contribution >= 0.6 is 0 Å². The summed E-state index contributed by atoms with van der Waals surface area (Å²) in [6, 6.07) is 0. The van der Waals surface area contributed by atoms with Gasteiger partial charge in [-0.25, -0.2) is 0 Å². The van der Waals surface area contributed by atoms with Crippen LogP contribution in [0.15, 0.2) is 4.99 Å². The standard InChI is InChI=1S/C22H41N5O/c1-4-23-22(27-16-18(2)15-19(3)17-27)24-9-10-25-11-13-26(14-12-25)21(28)20-7-5-6-8-20/h18-20H,4-17H2,1-3H3,(H,23,24). The van der Waals surface area contributed by atoms with E-state index in [1.165, 1.54) is 19.3 Å². The molecule has 6 nitrogen and oxygen atoms in total. The van der Waals surface area contributed by atoms with Crippen LogP contribution in [0.5, 0.6) is 0 Å². The molecular weight excluding hydrogens is 350 g/mol. The van der Waals surface area contributed by atoms with E-state index < -0.39 is 0 Å². The van der Waals surface area contributed by atoms with Gasteiger partial charge in [0, 0.05) is 58.3 Å². The van der Waals surface area contributed by atoms with Gasteiger partial charge in [0.25, 0.3) is 0 Å². The van der Waals surface area contributed by atoms with E-state index in [1.54, 1.807) is 0 Å². The maximum atomic E-state index is 12.6. The molecule has 3 rings (SSSR count). The van der Waals surface area contributed by atoms with Gasteiger partial charge in [0.15, 0.2) is 5.96 Å². The molecule has 0 aromatic rings. The molecule has 3 aliphatic rings. The second-order valence-corrected chi connectivity index (χ2v) is 9.23. The van der Waals surface area contributed by atoms with Crippen LogP contribution in [0.4, 0.5) is 0 Å². The van der Waals surface area contributed by atoms with Gasteiger partial charge < -0.3 is 15.1 Å². The second kappa shape index (κ2) is 10.5. The highest BCUT2D eigenvalue weighted by molar-refractivity contribution is 5.80. The normalized spacial score (nSPS) is 28.0. The largest absolute Gasteiger partial charge is 0.357 e. The first-order valence-electron chi connectivity index (χ1n) is 11.6. The number of guanidine groups is 1. The summed E-state index contributed by atoms with van der Waals surface area (Å²) in [6.07, 6.45) is 6.00. The quantitative estimate of drug-likeness (QED) is 0.577. The minimum absolute atomic E-state index is 0.313. The highest BCUT2D eigenvalue weighted by Gasteiger charge is 2.29. The van der Waals surface area contributed by atoms with E-state index in [-0.39, 0.29) is 0 Å². The lowest BCUT2D eigenvalue weighted by atomic mass is 9.92. The molecule has 160 valence electrons. The summed E-state index contributed by atoms with van der Waals surface area (Å²) in [5, 5.41) is 3.49. The average molecular weight is 392 g/mol. The van der Waals surface area contributed by atoms with Crippen molar-refractivity contribution in [3.63, 3.8) is 0 Å². The Hall–Kier alpha value is -1.30. The van der Waals surface area contributed by atoms with Crippen LogP contribution in [-0.2, 0) is 4.79 Å². The molecule has 0 spiro atoms. The molecule has 1 N–H and O–H groups in total. The van der Waals surface area contributed by atoms with Crippen molar-refractivity contribution in [1.29, 1.82) is 0 Å². The zero-order valence-corrected chi connectivity index (χ0v) is 18.3. The number of piperidine rings is 1. The molecule has 28 heavy (non-hydrogen) atoms. The summed E-state index contributed by atoms with van der Waals surface area (Å²) in [5.74, 6) is 3.28. The van der Waals surface area contributed by atoms with E-state index in [0.29, 0.717) is 11.8 Å². The molecule has 3 fully saturated rings. The van der Waals surface area contributed by atoms with Gasteiger partial charge in [0.05, 0.1) is 6.54 Å². The molecule has 6 heteroatoms. The molecule has 1 saturated carbocycles. The van der Waals surface area contributed by atoms with Gasteiger partial charge in [0.1, 0.15) is 0 Å². The van der Waals surface area contributed by atoms with Crippen LogP contribution in [0.2, 0.25) is 0 Å². The van der Waals surface area contributed by atoms with E-state index in [0.717, 1.165) is 89.5 Å². The van der Waals surface area contributed by atoms with Crippen LogP contribution in [0.3, 0.4) is 0 Å². The fourth-order valence-corrected chi connectivity index (χ4v) is 5.18. The van der Waals surface area contributed by atoms with Crippen molar-refractivity contribution in [2.75, 3.05) is 58.9 Å². The first kappa shape index (κ1) is 21.4. The van der Waals surface area contributed by atoms with Crippen molar-refractivity contribution < 1.29 is 4.79 Å². The third-order valence-corrected chi connectivity index (χ3v) is 6.57. The lowest BCUT2D eigenvalue weighted by molar-refractivity contribution is -0.137. The number of hydrogen-bond donors (Lipinski definition) is 1. The molecule has 0 aromatic carbocycles. The van der Waals surface area contributed by atoms with Gasteiger partial charge >= 0.3 is 0 Å². The number of carbonyl (C=O) groups excluding carboxylic acids is 1. The fraction of sp³-hybridized carbons (Fsp3) is 0.909. The van der Waals surface area contributed by atoms with Crippen molar-refractivity contribution in [3.8, 4) is 0 Å². The summed E-state index contributed by atoms with van der Waals surface area (Å²) >= 11 is 0. The predicted molar refractivity (Wildman–Crippen MR) is 115 cm³/mol. The zero-order valence-electron chi connectivity index (χ0n) is 18.3. The molecule has 2 atom stereocenters. The summed E-state index contributed by atoms with van der Waals surface area (Å²) < 4.78 is 0. The first-order valence-corrected chi connectivity index (χ1v) is 11.6. The Morgan fingerprint density at radius 3 is 2.25 bits per heavy atom. The fourth-order valence-electron chi connectivity index (χ4n) is 5.18. The second-order valence-electron chi connectivity index (χ2n) is 9.23. The highest BCUT2D eigenvalue weighted by Crippen LogP contribution is 2.27. The van der Waals surface area contributed by atoms with Crippen molar-refractivity contribution in [2.45, 2.75) is 52.9 Å². The Bertz CT molecular complexity index is 513. The number of nitrogens with zero attached hydrogens (tertiary/aromatic N) is 4. The molecule has 1 amide bonds. The molecule has 2 saturated heterocycles. The summed E-state index contributed by atoms with van der Waals surface area (Å²) in [6.45, 7) is 15.5. The third kappa shape index (κ3) is 5.85. The number of likely N-dealkylation sites (tertiary alicyclic amines) is 1. The van der Waals surface area contributed by atoms with Crippen LogP contribution < -0.4 is 5.32 Å². The number of nitrogens with one attached hydrogen (secondary N) is 1. The minimum Gasteiger partial charge on any atom is -0.357 e. The monoisotopic (exact) mass is 391 g/mol. The molecular formula is C22H41N5O. The Kier molecular flexibility index (Phi) is 8.00. The van der Waals surface area contributed by atoms with E-state index >= 15 is 0 Å². The number of amides is 1. The predicted octanol–water partition coefficient (Wildman–Crippen LogP) is 2.26. The summed E-state index contributed by atoms with van der Waals surface area (Å²) in [7, 11) is 0. The molecule has 2 unspecified atom stereocenters. The Morgan fingerprint density at radius 2 is 1.64 bits per heavy atom. The van der Waals surface area contributed by atoms with Crippen LogP contribution in [-0.4, -0.2) is 85.5 Å². The summed E-state index contributed by atoms with van der Waals surface area (Å²) in [4.78, 5) is 24.5. The lowest BCUT2D eigenvalue weighted by Crippen LogP contribution is -2.51. The topological polar surface area (TPSA) is 51.2 Å². The van der Waals surface area contributed by atoms with Crippen molar-refractivity contribution in [2.24, 2.45) is 22.7 Å². The smallest absolute Gasteiger partial charge is 0.225 e. The number of carbonyl (C=O) groups is 1. The van der Waals surface area contributed by atoms with E-state index in [9.17, 15) is 4.79 Å². The van der Waals surface area contributed by atoms with Crippen LogP contribution in [0.25, 0.3) is 0 Å². The van der Waals surface area contributed by atoms with Crippen molar-refractivity contribution >= 4 is 11.9 Å². The zero-order chi connectivity index (χ0) is 19.9. The highest BCUT2D eigenvalue weighted by atomic mass is 16.2. The molecule has 0 aromatic heterocycles. The Morgan fingerprint density at radius 1 is 1.00 bits per heavy atom. The number of rotatable bonds is 5. The van der Waals surface area contributed by atoms with Gasteiger partial charge in [-0.1, -0.05) is 26.7 Å². The Balaban J connectivity index is 1.43. The maximum absolute atomic E-state index is 12.6. The molecule has 2 heterocycles. The molecule has 2 aliphatic heterocycles. The van der Waals surface area contributed by atoms with Gasteiger partial charge in [-0.3, -0.25) is 14.7 Å². The van der Waals surface area contributed by atoms with Crippen molar-refractivity contribution in [3.05, 3.63) is 0 Å². The van der Waals surface area contributed by atoms with Crippen LogP contribution in [0.1, 0.15) is 52.9 Å². The van der Waals surface area contributed by atoms with Gasteiger partial charge in [-0.05, 0) is 38.0 Å².